The van der Waals surface area contributed by atoms with Crippen molar-refractivity contribution in [2.75, 3.05) is 19.6 Å². The van der Waals surface area contributed by atoms with E-state index in [1.54, 1.807) is 0 Å². The van der Waals surface area contributed by atoms with Crippen LogP contribution in [0.15, 0.2) is 24.3 Å². The van der Waals surface area contributed by atoms with Crippen LogP contribution in [0.1, 0.15) is 30.4 Å². The molecule has 0 radical (unpaired) electrons. The highest BCUT2D eigenvalue weighted by Crippen LogP contribution is 2.28. The van der Waals surface area contributed by atoms with Crippen LogP contribution in [0.3, 0.4) is 0 Å². The molecule has 1 fully saturated rings. The molecule has 108 valence electrons. The molecule has 20 heavy (non-hydrogen) atoms. The zero-order valence-electron chi connectivity index (χ0n) is 12.1. The molecular formula is C17H24N2O. The summed E-state index contributed by atoms with van der Waals surface area (Å²) in [5.41, 5.74) is 8.56. The first-order valence-electron chi connectivity index (χ1n) is 7.83. The Morgan fingerprint density at radius 2 is 2.05 bits per heavy atom. The highest BCUT2D eigenvalue weighted by atomic mass is 16.2. The van der Waals surface area contributed by atoms with E-state index < -0.39 is 0 Å². The molecule has 1 heterocycles. The Hall–Kier alpha value is -1.35. The molecule has 2 aliphatic rings. The monoisotopic (exact) mass is 272 g/mol. The number of piperidine rings is 1. The molecule has 2 N–H and O–H groups in total. The Morgan fingerprint density at radius 3 is 2.85 bits per heavy atom. The number of fused-ring (bicyclic) bond motifs is 1. The molecule has 1 aromatic carbocycles. The molecule has 0 saturated carbocycles. The van der Waals surface area contributed by atoms with Crippen LogP contribution >= 0.6 is 0 Å². The van der Waals surface area contributed by atoms with Crippen LogP contribution in [-0.2, 0) is 17.6 Å². The number of nitrogens with zero attached hydrogens (tertiary/aromatic N) is 1. The molecular weight excluding hydrogens is 248 g/mol. The number of aryl methyl sites for hydroxylation is 1. The van der Waals surface area contributed by atoms with Gasteiger partial charge in [0, 0.05) is 19.0 Å². The van der Waals surface area contributed by atoms with Gasteiger partial charge in [-0.05, 0) is 55.7 Å². The Morgan fingerprint density at radius 1 is 1.25 bits per heavy atom. The minimum atomic E-state index is 0.182. The van der Waals surface area contributed by atoms with E-state index in [2.05, 4.69) is 29.2 Å². The van der Waals surface area contributed by atoms with Crippen LogP contribution < -0.4 is 5.73 Å². The average molecular weight is 272 g/mol. The van der Waals surface area contributed by atoms with Gasteiger partial charge in [0.05, 0.1) is 0 Å². The fourth-order valence-corrected chi connectivity index (χ4v) is 3.62. The first-order valence-corrected chi connectivity index (χ1v) is 7.83. The van der Waals surface area contributed by atoms with Gasteiger partial charge in [0.25, 0.3) is 0 Å². The maximum atomic E-state index is 12.7. The summed E-state index contributed by atoms with van der Waals surface area (Å²) in [5, 5.41) is 0. The normalized spacial score (nSPS) is 26.1. The second-order valence-corrected chi connectivity index (χ2v) is 6.24. The summed E-state index contributed by atoms with van der Waals surface area (Å²) in [6, 6.07) is 8.55. The van der Waals surface area contributed by atoms with Crippen molar-refractivity contribution in [3.8, 4) is 0 Å². The van der Waals surface area contributed by atoms with Crippen LogP contribution in [-0.4, -0.2) is 30.4 Å². The van der Waals surface area contributed by atoms with E-state index in [-0.39, 0.29) is 5.92 Å². The van der Waals surface area contributed by atoms with E-state index in [1.165, 1.54) is 17.5 Å². The third-order valence-corrected chi connectivity index (χ3v) is 4.86. The lowest BCUT2D eigenvalue weighted by atomic mass is 9.82. The van der Waals surface area contributed by atoms with Crippen LogP contribution in [0.2, 0.25) is 0 Å². The van der Waals surface area contributed by atoms with E-state index in [4.69, 9.17) is 5.73 Å². The van der Waals surface area contributed by atoms with Crippen molar-refractivity contribution in [3.63, 3.8) is 0 Å². The van der Waals surface area contributed by atoms with Crippen LogP contribution in [0, 0.1) is 11.8 Å². The van der Waals surface area contributed by atoms with Crippen molar-refractivity contribution in [3.05, 3.63) is 35.4 Å². The quantitative estimate of drug-likeness (QED) is 0.895. The SMILES string of the molecule is NCC1CCCN(C(=O)C2CCc3ccccc3C2)C1. The summed E-state index contributed by atoms with van der Waals surface area (Å²) in [4.78, 5) is 14.8. The number of carbonyl (C=O) groups excluding carboxylic acids is 1. The van der Waals surface area contributed by atoms with Gasteiger partial charge in [0.15, 0.2) is 0 Å². The van der Waals surface area contributed by atoms with Gasteiger partial charge in [0.2, 0.25) is 5.91 Å². The molecule has 0 aromatic heterocycles. The molecule has 0 spiro atoms. The minimum Gasteiger partial charge on any atom is -0.342 e. The molecule has 1 aromatic rings. The van der Waals surface area contributed by atoms with Gasteiger partial charge in [-0.2, -0.15) is 0 Å². The van der Waals surface area contributed by atoms with Gasteiger partial charge < -0.3 is 10.6 Å². The Labute approximate surface area is 121 Å². The maximum absolute atomic E-state index is 12.7. The first kappa shape index (κ1) is 13.6. The largest absolute Gasteiger partial charge is 0.342 e. The molecule has 3 rings (SSSR count). The van der Waals surface area contributed by atoms with Crippen molar-refractivity contribution < 1.29 is 4.79 Å². The number of likely N-dealkylation sites (tertiary alicyclic amines) is 1. The van der Waals surface area contributed by atoms with E-state index in [9.17, 15) is 4.79 Å². The summed E-state index contributed by atoms with van der Waals surface area (Å²) in [6.07, 6.45) is 5.24. The molecule has 2 unspecified atom stereocenters. The molecule has 0 bridgehead atoms. The molecule has 3 nitrogen and oxygen atoms in total. The van der Waals surface area contributed by atoms with Crippen molar-refractivity contribution in [1.29, 1.82) is 0 Å². The lowest BCUT2D eigenvalue weighted by molar-refractivity contribution is -0.137. The maximum Gasteiger partial charge on any atom is 0.226 e. The molecule has 1 amide bonds. The fourth-order valence-electron chi connectivity index (χ4n) is 3.62. The Kier molecular flexibility index (Phi) is 4.06. The van der Waals surface area contributed by atoms with Gasteiger partial charge in [-0.1, -0.05) is 24.3 Å². The van der Waals surface area contributed by atoms with Crippen molar-refractivity contribution in [1.82, 2.24) is 4.90 Å². The number of nitrogens with two attached hydrogens (primary N) is 1. The lowest BCUT2D eigenvalue weighted by Gasteiger charge is -2.35. The smallest absolute Gasteiger partial charge is 0.226 e. The predicted molar refractivity (Wildman–Crippen MR) is 80.3 cm³/mol. The second kappa shape index (κ2) is 5.96. The highest BCUT2D eigenvalue weighted by Gasteiger charge is 2.30. The van der Waals surface area contributed by atoms with Crippen LogP contribution in [0.4, 0.5) is 0 Å². The molecule has 1 aliphatic heterocycles. The molecule has 1 saturated heterocycles. The Balaban J connectivity index is 1.67. The number of amides is 1. The zero-order chi connectivity index (χ0) is 13.9. The van der Waals surface area contributed by atoms with E-state index in [1.807, 2.05) is 0 Å². The predicted octanol–water partition coefficient (Wildman–Crippen LogP) is 1.99. The highest BCUT2D eigenvalue weighted by molar-refractivity contribution is 5.79. The van der Waals surface area contributed by atoms with Gasteiger partial charge in [-0.15, -0.1) is 0 Å². The van der Waals surface area contributed by atoms with E-state index in [0.717, 1.165) is 38.8 Å². The average Bonchev–Trinajstić information content (AvgIpc) is 2.53. The summed E-state index contributed by atoms with van der Waals surface area (Å²) in [6.45, 7) is 2.50. The van der Waals surface area contributed by atoms with Gasteiger partial charge in [-0.25, -0.2) is 0 Å². The Bertz CT molecular complexity index is 486. The minimum absolute atomic E-state index is 0.182. The number of hydrogen-bond acceptors (Lipinski definition) is 2. The second-order valence-electron chi connectivity index (χ2n) is 6.24. The lowest BCUT2D eigenvalue weighted by Crippen LogP contribution is -2.45. The zero-order valence-corrected chi connectivity index (χ0v) is 12.1. The molecule has 3 heteroatoms. The number of benzene rings is 1. The standard InChI is InChI=1S/C17H24N2O/c18-11-13-4-3-9-19(12-13)17(20)16-8-7-14-5-1-2-6-15(14)10-16/h1-2,5-6,13,16H,3-4,7-12,18H2. The molecule has 1 aliphatic carbocycles. The van der Waals surface area contributed by atoms with E-state index in [0.29, 0.717) is 18.4 Å². The number of rotatable bonds is 2. The third-order valence-electron chi connectivity index (χ3n) is 4.86. The topological polar surface area (TPSA) is 46.3 Å². The van der Waals surface area contributed by atoms with Gasteiger partial charge in [0.1, 0.15) is 0 Å². The summed E-state index contributed by atoms with van der Waals surface area (Å²) in [7, 11) is 0. The number of hydrogen-bond donors (Lipinski definition) is 1. The summed E-state index contributed by atoms with van der Waals surface area (Å²) >= 11 is 0. The van der Waals surface area contributed by atoms with Crippen LogP contribution in [0.5, 0.6) is 0 Å². The van der Waals surface area contributed by atoms with Gasteiger partial charge in [-0.3, -0.25) is 4.79 Å². The van der Waals surface area contributed by atoms with Crippen LogP contribution in [0.25, 0.3) is 0 Å². The fraction of sp³-hybridized carbons (Fsp3) is 0.588. The molecule has 2 atom stereocenters. The van der Waals surface area contributed by atoms with Crippen molar-refractivity contribution in [2.45, 2.75) is 32.1 Å². The third kappa shape index (κ3) is 2.73. The van der Waals surface area contributed by atoms with E-state index >= 15 is 0 Å². The first-order chi connectivity index (χ1) is 9.78. The number of carbonyl (C=O) groups is 1. The summed E-state index contributed by atoms with van der Waals surface area (Å²) < 4.78 is 0. The summed E-state index contributed by atoms with van der Waals surface area (Å²) in [5.74, 6) is 1.04. The van der Waals surface area contributed by atoms with Crippen molar-refractivity contribution >= 4 is 5.91 Å². The van der Waals surface area contributed by atoms with Crippen molar-refractivity contribution in [2.24, 2.45) is 17.6 Å². The van der Waals surface area contributed by atoms with Gasteiger partial charge >= 0.3 is 0 Å².